The van der Waals surface area contributed by atoms with Gasteiger partial charge in [-0.25, -0.2) is 0 Å². The first-order valence-corrected chi connectivity index (χ1v) is 4.92. The fourth-order valence-electron chi connectivity index (χ4n) is 0.906. The third kappa shape index (κ3) is 2.82. The van der Waals surface area contributed by atoms with Crippen molar-refractivity contribution in [3.05, 3.63) is 40.4 Å². The molecule has 0 aromatic heterocycles. The van der Waals surface area contributed by atoms with E-state index in [1.54, 1.807) is 0 Å². The monoisotopic (exact) mass is 224 g/mol. The molecule has 0 aliphatic heterocycles. The summed E-state index contributed by atoms with van der Waals surface area (Å²) in [7, 11) is 0. The molecule has 1 aromatic rings. The van der Waals surface area contributed by atoms with Gasteiger partial charge in [-0.2, -0.15) is 0 Å². The van der Waals surface area contributed by atoms with Crippen molar-refractivity contribution in [3.63, 3.8) is 0 Å². The first kappa shape index (κ1) is 9.53. The van der Waals surface area contributed by atoms with Crippen molar-refractivity contribution >= 4 is 22.0 Å². The van der Waals surface area contributed by atoms with E-state index < -0.39 is 0 Å². The second-order valence-corrected chi connectivity index (χ2v) is 3.98. The molecule has 0 saturated heterocycles. The molecule has 0 fully saturated rings. The smallest absolute Gasteiger partial charge is 0.0247 e. The number of hydrogen-bond acceptors (Lipinski definition) is 0. The Morgan fingerprint density at radius 1 is 1.25 bits per heavy atom. The highest BCUT2D eigenvalue weighted by atomic mass is 79.9. The summed E-state index contributed by atoms with van der Waals surface area (Å²) in [6.45, 7) is 4.35. The molecular formula is C11H13Br. The zero-order valence-corrected chi connectivity index (χ0v) is 9.01. The fourth-order valence-corrected chi connectivity index (χ4v) is 1.32. The Balaban J connectivity index is 2.82. The minimum Gasteiger partial charge on any atom is -0.0813 e. The van der Waals surface area contributed by atoms with E-state index >= 15 is 0 Å². The summed E-state index contributed by atoms with van der Waals surface area (Å²) in [5.41, 5.74) is 1.24. The van der Waals surface area contributed by atoms with Crippen molar-refractivity contribution in [2.75, 3.05) is 0 Å². The van der Waals surface area contributed by atoms with Crippen LogP contribution in [0.5, 0.6) is 0 Å². The SMILES string of the molecule is CC(C)C=Cc1ccccc1Br. The van der Waals surface area contributed by atoms with E-state index in [9.17, 15) is 0 Å². The normalized spacial score (nSPS) is 11.3. The third-order valence-electron chi connectivity index (χ3n) is 1.57. The molecule has 64 valence electrons. The van der Waals surface area contributed by atoms with Crippen LogP contribution in [0, 0.1) is 5.92 Å². The molecule has 12 heavy (non-hydrogen) atoms. The minimum atomic E-state index is 0.608. The van der Waals surface area contributed by atoms with Gasteiger partial charge in [0, 0.05) is 4.47 Å². The Labute approximate surface area is 82.4 Å². The third-order valence-corrected chi connectivity index (χ3v) is 2.29. The van der Waals surface area contributed by atoms with Gasteiger partial charge in [-0.3, -0.25) is 0 Å². The molecule has 0 heterocycles. The second kappa shape index (κ2) is 4.46. The molecule has 0 saturated carbocycles. The van der Waals surface area contributed by atoms with Crippen LogP contribution in [-0.4, -0.2) is 0 Å². The fraction of sp³-hybridized carbons (Fsp3) is 0.273. The van der Waals surface area contributed by atoms with E-state index in [4.69, 9.17) is 0 Å². The quantitative estimate of drug-likeness (QED) is 0.710. The standard InChI is InChI=1S/C11H13Br/c1-9(2)7-8-10-5-3-4-6-11(10)12/h3-9H,1-2H3. The molecule has 0 spiro atoms. The second-order valence-electron chi connectivity index (χ2n) is 3.12. The predicted molar refractivity (Wildman–Crippen MR) is 58.0 cm³/mol. The summed E-state index contributed by atoms with van der Waals surface area (Å²) < 4.78 is 1.15. The number of allylic oxidation sites excluding steroid dienone is 1. The molecular weight excluding hydrogens is 212 g/mol. The van der Waals surface area contributed by atoms with Crippen molar-refractivity contribution in [1.29, 1.82) is 0 Å². The van der Waals surface area contributed by atoms with Crippen LogP contribution >= 0.6 is 15.9 Å². The van der Waals surface area contributed by atoms with Crippen LogP contribution in [0.25, 0.3) is 6.08 Å². The lowest BCUT2D eigenvalue weighted by molar-refractivity contribution is 0.836. The van der Waals surface area contributed by atoms with E-state index in [1.807, 2.05) is 12.1 Å². The van der Waals surface area contributed by atoms with Crippen LogP contribution in [0.1, 0.15) is 19.4 Å². The highest BCUT2D eigenvalue weighted by molar-refractivity contribution is 9.10. The maximum Gasteiger partial charge on any atom is 0.0247 e. The Hall–Kier alpha value is -0.560. The van der Waals surface area contributed by atoms with E-state index in [0.717, 1.165) is 4.47 Å². The van der Waals surface area contributed by atoms with Gasteiger partial charge in [-0.05, 0) is 17.5 Å². The largest absolute Gasteiger partial charge is 0.0813 e. The van der Waals surface area contributed by atoms with Crippen LogP contribution < -0.4 is 0 Å². The minimum absolute atomic E-state index is 0.608. The molecule has 1 heteroatoms. The average molecular weight is 225 g/mol. The molecule has 0 aliphatic carbocycles. The first-order valence-electron chi connectivity index (χ1n) is 4.13. The van der Waals surface area contributed by atoms with Gasteiger partial charge in [0.1, 0.15) is 0 Å². The van der Waals surface area contributed by atoms with Gasteiger partial charge < -0.3 is 0 Å². The van der Waals surface area contributed by atoms with Gasteiger partial charge in [-0.1, -0.05) is 60.1 Å². The summed E-state index contributed by atoms with van der Waals surface area (Å²) in [4.78, 5) is 0. The van der Waals surface area contributed by atoms with E-state index in [1.165, 1.54) is 5.56 Å². The van der Waals surface area contributed by atoms with Gasteiger partial charge in [0.05, 0.1) is 0 Å². The lowest BCUT2D eigenvalue weighted by Crippen LogP contribution is -1.78. The summed E-state index contributed by atoms with van der Waals surface area (Å²) in [5.74, 6) is 0.608. The predicted octanol–water partition coefficient (Wildman–Crippen LogP) is 4.12. The number of hydrogen-bond donors (Lipinski definition) is 0. The molecule has 0 nitrogen and oxygen atoms in total. The lowest BCUT2D eigenvalue weighted by atomic mass is 10.1. The number of halogens is 1. The zero-order valence-electron chi connectivity index (χ0n) is 7.42. The maximum absolute atomic E-state index is 3.50. The molecule has 0 aliphatic rings. The van der Waals surface area contributed by atoms with Gasteiger partial charge in [0.15, 0.2) is 0 Å². The van der Waals surface area contributed by atoms with Crippen LogP contribution in [-0.2, 0) is 0 Å². The molecule has 0 bridgehead atoms. The summed E-state index contributed by atoms with van der Waals surface area (Å²) >= 11 is 3.50. The van der Waals surface area contributed by atoms with Crippen LogP contribution in [0.15, 0.2) is 34.8 Å². The molecule has 0 N–H and O–H groups in total. The van der Waals surface area contributed by atoms with E-state index in [0.29, 0.717) is 5.92 Å². The van der Waals surface area contributed by atoms with Crippen molar-refractivity contribution < 1.29 is 0 Å². The van der Waals surface area contributed by atoms with Gasteiger partial charge in [-0.15, -0.1) is 0 Å². The summed E-state index contributed by atoms with van der Waals surface area (Å²) in [5, 5.41) is 0. The molecule has 0 unspecified atom stereocenters. The summed E-state index contributed by atoms with van der Waals surface area (Å²) in [6, 6.07) is 8.23. The Morgan fingerprint density at radius 3 is 2.50 bits per heavy atom. The number of benzene rings is 1. The van der Waals surface area contributed by atoms with Crippen LogP contribution in [0.4, 0.5) is 0 Å². The van der Waals surface area contributed by atoms with E-state index in [-0.39, 0.29) is 0 Å². The van der Waals surface area contributed by atoms with Crippen molar-refractivity contribution in [2.45, 2.75) is 13.8 Å². The van der Waals surface area contributed by atoms with E-state index in [2.05, 4.69) is 54.1 Å². The Morgan fingerprint density at radius 2 is 1.92 bits per heavy atom. The number of rotatable bonds is 2. The topological polar surface area (TPSA) is 0 Å². The van der Waals surface area contributed by atoms with Crippen molar-refractivity contribution in [1.82, 2.24) is 0 Å². The lowest BCUT2D eigenvalue weighted by Gasteiger charge is -1.98. The molecule has 1 rings (SSSR count). The molecule has 0 amide bonds. The molecule has 0 radical (unpaired) electrons. The highest BCUT2D eigenvalue weighted by Gasteiger charge is 1.92. The zero-order chi connectivity index (χ0) is 8.97. The first-order chi connectivity index (χ1) is 5.70. The van der Waals surface area contributed by atoms with Crippen molar-refractivity contribution in [2.24, 2.45) is 5.92 Å². The maximum atomic E-state index is 3.50. The van der Waals surface area contributed by atoms with Gasteiger partial charge in [0.25, 0.3) is 0 Å². The Bertz CT molecular complexity index is 274. The van der Waals surface area contributed by atoms with Crippen LogP contribution in [0.2, 0.25) is 0 Å². The van der Waals surface area contributed by atoms with Gasteiger partial charge in [0.2, 0.25) is 0 Å². The average Bonchev–Trinajstić information content (AvgIpc) is 2.03. The molecule has 1 aromatic carbocycles. The van der Waals surface area contributed by atoms with Crippen molar-refractivity contribution in [3.8, 4) is 0 Å². The summed E-state index contributed by atoms with van der Waals surface area (Å²) in [6.07, 6.45) is 4.34. The molecule has 0 atom stereocenters. The van der Waals surface area contributed by atoms with Crippen LogP contribution in [0.3, 0.4) is 0 Å². The van der Waals surface area contributed by atoms with Gasteiger partial charge >= 0.3 is 0 Å². The Kier molecular flexibility index (Phi) is 3.54. The highest BCUT2D eigenvalue weighted by Crippen LogP contribution is 2.17.